The van der Waals surface area contributed by atoms with Crippen molar-refractivity contribution in [3.8, 4) is 0 Å². The fourth-order valence-corrected chi connectivity index (χ4v) is 3.39. The monoisotopic (exact) mass is 385 g/mol. The molecule has 1 aliphatic rings. The van der Waals surface area contributed by atoms with E-state index in [1.165, 1.54) is 0 Å². The molecule has 1 heterocycles. The summed E-state index contributed by atoms with van der Waals surface area (Å²) in [5.41, 5.74) is 2.05. The second-order valence-electron chi connectivity index (χ2n) is 6.68. The maximum Gasteiger partial charge on any atom is 0.255 e. The molecule has 6 heteroatoms. The van der Waals surface area contributed by atoms with Gasteiger partial charge < -0.3 is 15.5 Å². The molecule has 2 aromatic carbocycles. The van der Waals surface area contributed by atoms with Crippen molar-refractivity contribution in [2.24, 2.45) is 5.92 Å². The third-order valence-corrected chi connectivity index (χ3v) is 5.11. The van der Waals surface area contributed by atoms with Gasteiger partial charge in [-0.1, -0.05) is 41.9 Å². The number of halogens is 1. The molecule has 0 aliphatic carbocycles. The Morgan fingerprint density at radius 2 is 2.00 bits per heavy atom. The third kappa shape index (κ3) is 4.87. The highest BCUT2D eigenvalue weighted by atomic mass is 35.5. The third-order valence-electron chi connectivity index (χ3n) is 4.78. The van der Waals surface area contributed by atoms with Crippen LogP contribution in [0.3, 0.4) is 0 Å². The fraction of sp³-hybridized carbons (Fsp3) is 0.333. The maximum absolute atomic E-state index is 13.0. The molecule has 2 aromatic rings. The van der Waals surface area contributed by atoms with Gasteiger partial charge in [-0.25, -0.2) is 0 Å². The van der Waals surface area contributed by atoms with Crippen molar-refractivity contribution in [1.29, 1.82) is 0 Å². The molecule has 1 saturated heterocycles. The molecule has 1 aliphatic heterocycles. The lowest BCUT2D eigenvalue weighted by molar-refractivity contribution is -0.119. The van der Waals surface area contributed by atoms with Crippen LogP contribution in [0.15, 0.2) is 48.5 Å². The van der Waals surface area contributed by atoms with E-state index >= 15 is 0 Å². The Morgan fingerprint density at radius 1 is 1.22 bits per heavy atom. The number of anilines is 1. The molecular formula is C21H24ClN3O2. The van der Waals surface area contributed by atoms with Gasteiger partial charge in [-0.05, 0) is 43.7 Å². The molecule has 1 unspecified atom stereocenters. The van der Waals surface area contributed by atoms with E-state index in [0.29, 0.717) is 35.9 Å². The molecule has 3 rings (SSSR count). The van der Waals surface area contributed by atoms with Gasteiger partial charge in [-0.2, -0.15) is 0 Å². The van der Waals surface area contributed by atoms with Gasteiger partial charge in [0.25, 0.3) is 5.91 Å². The first-order valence-corrected chi connectivity index (χ1v) is 9.60. The minimum Gasteiger partial charge on any atom is -0.335 e. The van der Waals surface area contributed by atoms with Crippen LogP contribution in [0.5, 0.6) is 0 Å². The fourth-order valence-electron chi connectivity index (χ4n) is 3.19. The summed E-state index contributed by atoms with van der Waals surface area (Å²) in [6.45, 7) is 4.55. The number of hydrogen-bond acceptors (Lipinski definition) is 3. The Kier molecular flexibility index (Phi) is 6.48. The summed E-state index contributed by atoms with van der Waals surface area (Å²) in [5, 5.41) is 6.47. The summed E-state index contributed by atoms with van der Waals surface area (Å²) in [4.78, 5) is 27.1. The molecule has 1 atom stereocenters. The van der Waals surface area contributed by atoms with Gasteiger partial charge in [0.1, 0.15) is 0 Å². The molecule has 0 spiro atoms. The van der Waals surface area contributed by atoms with Crippen molar-refractivity contribution >= 4 is 29.1 Å². The number of amides is 2. The average molecular weight is 386 g/mol. The first-order valence-electron chi connectivity index (χ1n) is 9.22. The maximum atomic E-state index is 13.0. The Morgan fingerprint density at radius 3 is 2.67 bits per heavy atom. The van der Waals surface area contributed by atoms with E-state index in [1.807, 2.05) is 37.3 Å². The lowest BCUT2D eigenvalue weighted by Crippen LogP contribution is -2.30. The Hall–Kier alpha value is -2.37. The highest BCUT2D eigenvalue weighted by molar-refractivity contribution is 6.34. The van der Waals surface area contributed by atoms with Crippen LogP contribution in [0.25, 0.3) is 0 Å². The summed E-state index contributed by atoms with van der Waals surface area (Å²) in [5.74, 6) is -0.215. The van der Waals surface area contributed by atoms with Crippen molar-refractivity contribution in [1.82, 2.24) is 10.2 Å². The summed E-state index contributed by atoms with van der Waals surface area (Å²) < 4.78 is 0. The first-order chi connectivity index (χ1) is 13.1. The van der Waals surface area contributed by atoms with Crippen LogP contribution in [0.2, 0.25) is 5.02 Å². The van der Waals surface area contributed by atoms with Crippen LogP contribution < -0.4 is 10.6 Å². The van der Waals surface area contributed by atoms with Crippen molar-refractivity contribution in [2.45, 2.75) is 19.9 Å². The van der Waals surface area contributed by atoms with Gasteiger partial charge in [0.2, 0.25) is 5.91 Å². The quantitative estimate of drug-likeness (QED) is 0.799. The van der Waals surface area contributed by atoms with Gasteiger partial charge in [0.15, 0.2) is 0 Å². The van der Waals surface area contributed by atoms with Gasteiger partial charge >= 0.3 is 0 Å². The second kappa shape index (κ2) is 9.02. The zero-order valence-corrected chi connectivity index (χ0v) is 16.1. The molecule has 0 bridgehead atoms. The van der Waals surface area contributed by atoms with E-state index in [1.54, 1.807) is 23.1 Å². The predicted molar refractivity (Wildman–Crippen MR) is 108 cm³/mol. The van der Waals surface area contributed by atoms with E-state index in [-0.39, 0.29) is 17.7 Å². The average Bonchev–Trinajstić information content (AvgIpc) is 3.23. The minimum absolute atomic E-state index is 0.0302. The Bertz CT molecular complexity index is 804. The molecule has 0 aromatic heterocycles. The zero-order valence-electron chi connectivity index (χ0n) is 15.4. The van der Waals surface area contributed by atoms with Crippen molar-refractivity contribution in [3.05, 3.63) is 64.7 Å². The lowest BCUT2D eigenvalue weighted by Gasteiger charge is -2.22. The highest BCUT2D eigenvalue weighted by Crippen LogP contribution is 2.24. The van der Waals surface area contributed by atoms with E-state index in [9.17, 15) is 9.59 Å². The van der Waals surface area contributed by atoms with E-state index in [2.05, 4.69) is 10.6 Å². The highest BCUT2D eigenvalue weighted by Gasteiger charge is 2.23. The van der Waals surface area contributed by atoms with Crippen LogP contribution in [0.1, 0.15) is 29.3 Å². The number of benzene rings is 2. The molecule has 5 nitrogen and oxygen atoms in total. The lowest BCUT2D eigenvalue weighted by atomic mass is 10.1. The molecule has 142 valence electrons. The number of carbonyl (C=O) groups is 2. The molecule has 0 radical (unpaired) electrons. The van der Waals surface area contributed by atoms with Gasteiger partial charge in [-0.3, -0.25) is 9.59 Å². The van der Waals surface area contributed by atoms with Crippen LogP contribution in [-0.4, -0.2) is 36.3 Å². The smallest absolute Gasteiger partial charge is 0.255 e. The van der Waals surface area contributed by atoms with E-state index in [0.717, 1.165) is 18.5 Å². The summed E-state index contributed by atoms with van der Waals surface area (Å²) in [6.07, 6.45) is 0.825. The molecule has 1 fully saturated rings. The summed E-state index contributed by atoms with van der Waals surface area (Å²) >= 11 is 6.29. The standard InChI is InChI=1S/C21H24ClN3O2/c1-2-25(14-15-6-4-3-5-7-15)21(27)18-12-17(8-9-19(18)22)24-20(26)16-10-11-23-13-16/h3-9,12,16,23H,2,10-11,13-14H2,1H3,(H,24,26). The SMILES string of the molecule is CCN(Cc1ccccc1)C(=O)c1cc(NC(=O)C2CCNC2)ccc1Cl. The molecule has 0 saturated carbocycles. The van der Waals surface area contributed by atoms with Gasteiger partial charge in [0.05, 0.1) is 16.5 Å². The largest absolute Gasteiger partial charge is 0.335 e. The van der Waals surface area contributed by atoms with Crippen molar-refractivity contribution < 1.29 is 9.59 Å². The zero-order chi connectivity index (χ0) is 19.2. The van der Waals surface area contributed by atoms with E-state index < -0.39 is 0 Å². The predicted octanol–water partition coefficient (Wildman–Crippen LogP) is 3.55. The van der Waals surface area contributed by atoms with Crippen LogP contribution in [0.4, 0.5) is 5.69 Å². The summed E-state index contributed by atoms with van der Waals surface area (Å²) in [7, 11) is 0. The number of carbonyl (C=O) groups excluding carboxylic acids is 2. The Balaban J connectivity index is 1.75. The second-order valence-corrected chi connectivity index (χ2v) is 7.09. The van der Waals surface area contributed by atoms with Crippen LogP contribution in [0, 0.1) is 5.92 Å². The minimum atomic E-state index is -0.148. The van der Waals surface area contributed by atoms with Gasteiger partial charge in [0, 0.05) is 25.3 Å². The van der Waals surface area contributed by atoms with Crippen molar-refractivity contribution in [3.63, 3.8) is 0 Å². The molecular weight excluding hydrogens is 362 g/mol. The van der Waals surface area contributed by atoms with Crippen LogP contribution >= 0.6 is 11.6 Å². The number of hydrogen-bond donors (Lipinski definition) is 2. The van der Waals surface area contributed by atoms with Crippen molar-refractivity contribution in [2.75, 3.05) is 25.0 Å². The molecule has 27 heavy (non-hydrogen) atoms. The topological polar surface area (TPSA) is 61.4 Å². The molecule has 2 N–H and O–H groups in total. The summed E-state index contributed by atoms with van der Waals surface area (Å²) in [6, 6.07) is 14.9. The number of rotatable bonds is 6. The first kappa shape index (κ1) is 19.4. The molecule has 2 amide bonds. The van der Waals surface area contributed by atoms with Crippen LogP contribution in [-0.2, 0) is 11.3 Å². The van der Waals surface area contributed by atoms with E-state index in [4.69, 9.17) is 11.6 Å². The normalized spacial score (nSPS) is 16.1. The number of nitrogens with one attached hydrogen (secondary N) is 2. The Labute approximate surface area is 164 Å². The van der Waals surface area contributed by atoms with Gasteiger partial charge in [-0.15, -0.1) is 0 Å². The number of nitrogens with zero attached hydrogens (tertiary/aromatic N) is 1.